The van der Waals surface area contributed by atoms with E-state index >= 15 is 0 Å². The second-order valence-corrected chi connectivity index (χ2v) is 6.56. The molecule has 148 valence electrons. The standard InChI is InChI=1S/C22H27N5.HI/c1-3-23-22(24-15-19-8-4-7-18(2)13-19)25-16-20-9-5-10-21(14-20)17-27-12-6-11-26-27;/h4-14H,3,15-17H2,1-2H3,(H2,23,24,25);1H. The number of aryl methyl sites for hydroxylation is 1. The molecular formula is C22H28IN5. The summed E-state index contributed by atoms with van der Waals surface area (Å²) in [6.07, 6.45) is 3.78. The van der Waals surface area contributed by atoms with Crippen LogP contribution in [0.2, 0.25) is 0 Å². The monoisotopic (exact) mass is 489 g/mol. The molecule has 3 rings (SSSR count). The van der Waals surface area contributed by atoms with Crippen molar-refractivity contribution < 1.29 is 0 Å². The van der Waals surface area contributed by atoms with Crippen molar-refractivity contribution in [2.75, 3.05) is 6.54 Å². The normalized spacial score (nSPS) is 11.0. The van der Waals surface area contributed by atoms with Crippen LogP contribution < -0.4 is 10.6 Å². The van der Waals surface area contributed by atoms with Crippen molar-refractivity contribution >= 4 is 29.9 Å². The largest absolute Gasteiger partial charge is 0.357 e. The SMILES string of the molecule is CCNC(=NCc1cccc(C)c1)NCc1cccc(Cn2cccn2)c1.I. The molecule has 0 atom stereocenters. The Labute approximate surface area is 184 Å². The van der Waals surface area contributed by atoms with Crippen molar-refractivity contribution in [2.45, 2.75) is 33.5 Å². The van der Waals surface area contributed by atoms with Crippen LogP contribution in [0, 0.1) is 6.92 Å². The van der Waals surface area contributed by atoms with Gasteiger partial charge in [0.1, 0.15) is 0 Å². The molecule has 28 heavy (non-hydrogen) atoms. The lowest BCUT2D eigenvalue weighted by Gasteiger charge is -2.12. The molecule has 0 aliphatic heterocycles. The summed E-state index contributed by atoms with van der Waals surface area (Å²) in [5.74, 6) is 0.830. The van der Waals surface area contributed by atoms with Crippen molar-refractivity contribution in [2.24, 2.45) is 4.99 Å². The number of rotatable bonds is 7. The molecule has 0 aliphatic carbocycles. The van der Waals surface area contributed by atoms with Crippen molar-refractivity contribution in [1.82, 2.24) is 20.4 Å². The van der Waals surface area contributed by atoms with Gasteiger partial charge in [-0.3, -0.25) is 4.68 Å². The summed E-state index contributed by atoms with van der Waals surface area (Å²) in [6, 6.07) is 19.0. The van der Waals surface area contributed by atoms with Gasteiger partial charge in [-0.25, -0.2) is 4.99 Å². The van der Waals surface area contributed by atoms with Gasteiger partial charge in [0.2, 0.25) is 0 Å². The molecule has 1 aromatic heterocycles. The molecular weight excluding hydrogens is 461 g/mol. The van der Waals surface area contributed by atoms with Crippen LogP contribution in [0.4, 0.5) is 0 Å². The van der Waals surface area contributed by atoms with E-state index in [0.717, 1.165) is 25.6 Å². The van der Waals surface area contributed by atoms with Crippen molar-refractivity contribution in [3.8, 4) is 0 Å². The Hall–Kier alpha value is -2.35. The Morgan fingerprint density at radius 3 is 2.54 bits per heavy atom. The highest BCUT2D eigenvalue weighted by Gasteiger charge is 2.01. The van der Waals surface area contributed by atoms with Crippen LogP contribution in [0.1, 0.15) is 29.2 Å². The smallest absolute Gasteiger partial charge is 0.191 e. The zero-order chi connectivity index (χ0) is 18.9. The first-order valence-corrected chi connectivity index (χ1v) is 9.36. The summed E-state index contributed by atoms with van der Waals surface area (Å²) in [4.78, 5) is 4.70. The zero-order valence-electron chi connectivity index (χ0n) is 16.4. The number of benzene rings is 2. The lowest BCUT2D eigenvalue weighted by atomic mass is 10.1. The molecule has 0 radical (unpaired) electrons. The lowest BCUT2D eigenvalue weighted by molar-refractivity contribution is 0.685. The second-order valence-electron chi connectivity index (χ2n) is 6.56. The van der Waals surface area contributed by atoms with Crippen LogP contribution in [0.15, 0.2) is 72.0 Å². The maximum absolute atomic E-state index is 4.70. The Balaban J connectivity index is 0.00000280. The van der Waals surface area contributed by atoms with E-state index < -0.39 is 0 Å². The molecule has 6 heteroatoms. The van der Waals surface area contributed by atoms with Crippen LogP contribution in [-0.2, 0) is 19.6 Å². The van der Waals surface area contributed by atoms with Gasteiger partial charge in [-0.1, -0.05) is 54.1 Å². The third kappa shape index (κ3) is 6.99. The van der Waals surface area contributed by atoms with Gasteiger partial charge in [0.15, 0.2) is 5.96 Å². The summed E-state index contributed by atoms with van der Waals surface area (Å²) in [5, 5.41) is 11.0. The minimum Gasteiger partial charge on any atom is -0.357 e. The number of guanidine groups is 1. The molecule has 0 aliphatic rings. The second kappa shape index (κ2) is 11.5. The predicted octanol–water partition coefficient (Wildman–Crippen LogP) is 4.11. The van der Waals surface area contributed by atoms with Gasteiger partial charge < -0.3 is 10.6 Å². The van der Waals surface area contributed by atoms with E-state index in [1.54, 1.807) is 6.20 Å². The molecule has 2 N–H and O–H groups in total. The van der Waals surface area contributed by atoms with E-state index in [2.05, 4.69) is 78.1 Å². The Kier molecular flexibility index (Phi) is 9.00. The van der Waals surface area contributed by atoms with Gasteiger partial charge >= 0.3 is 0 Å². The van der Waals surface area contributed by atoms with E-state index in [4.69, 9.17) is 4.99 Å². The minimum absolute atomic E-state index is 0. The average Bonchev–Trinajstić information content (AvgIpc) is 3.17. The minimum atomic E-state index is 0. The summed E-state index contributed by atoms with van der Waals surface area (Å²) >= 11 is 0. The highest BCUT2D eigenvalue weighted by atomic mass is 127. The highest BCUT2D eigenvalue weighted by Crippen LogP contribution is 2.08. The predicted molar refractivity (Wildman–Crippen MR) is 126 cm³/mol. The lowest BCUT2D eigenvalue weighted by Crippen LogP contribution is -2.36. The van der Waals surface area contributed by atoms with Crippen LogP contribution in [0.5, 0.6) is 0 Å². The van der Waals surface area contributed by atoms with Crippen LogP contribution >= 0.6 is 24.0 Å². The summed E-state index contributed by atoms with van der Waals surface area (Å²) < 4.78 is 1.93. The van der Waals surface area contributed by atoms with Gasteiger partial charge in [-0.05, 0) is 36.6 Å². The quantitative estimate of drug-likeness (QED) is 0.299. The number of aromatic nitrogens is 2. The van der Waals surface area contributed by atoms with Crippen LogP contribution in [0.25, 0.3) is 0 Å². The fourth-order valence-corrected chi connectivity index (χ4v) is 2.93. The van der Waals surface area contributed by atoms with Crippen molar-refractivity contribution in [1.29, 1.82) is 0 Å². The third-order valence-corrected chi connectivity index (χ3v) is 4.20. The van der Waals surface area contributed by atoms with Crippen LogP contribution in [-0.4, -0.2) is 22.3 Å². The van der Waals surface area contributed by atoms with Gasteiger partial charge in [0, 0.05) is 25.5 Å². The molecule has 0 unspecified atom stereocenters. The Morgan fingerprint density at radius 2 is 1.79 bits per heavy atom. The summed E-state index contributed by atoms with van der Waals surface area (Å²) in [6.45, 7) is 7.19. The van der Waals surface area contributed by atoms with E-state index in [1.807, 2.05) is 16.9 Å². The molecule has 2 aromatic carbocycles. The first-order valence-electron chi connectivity index (χ1n) is 9.36. The molecule has 0 saturated heterocycles. The molecule has 0 fully saturated rings. The number of nitrogens with one attached hydrogen (secondary N) is 2. The first-order chi connectivity index (χ1) is 13.2. The molecule has 0 spiro atoms. The molecule has 1 heterocycles. The fourth-order valence-electron chi connectivity index (χ4n) is 2.93. The summed E-state index contributed by atoms with van der Waals surface area (Å²) in [5.41, 5.74) is 4.93. The first kappa shape index (κ1) is 21.9. The van der Waals surface area contributed by atoms with Gasteiger partial charge in [0.05, 0.1) is 13.1 Å². The molecule has 0 amide bonds. The average molecular weight is 489 g/mol. The maximum Gasteiger partial charge on any atom is 0.191 e. The Bertz CT molecular complexity index is 874. The number of halogens is 1. The van der Waals surface area contributed by atoms with Gasteiger partial charge in [-0.2, -0.15) is 5.10 Å². The molecule has 0 bridgehead atoms. The number of hydrogen-bond donors (Lipinski definition) is 2. The molecule has 0 saturated carbocycles. The number of nitrogens with zero attached hydrogens (tertiary/aromatic N) is 3. The number of aliphatic imine (C=N–C) groups is 1. The van der Waals surface area contributed by atoms with Gasteiger partial charge in [-0.15, -0.1) is 24.0 Å². The molecule has 5 nitrogen and oxygen atoms in total. The van der Waals surface area contributed by atoms with E-state index in [0.29, 0.717) is 6.54 Å². The maximum atomic E-state index is 4.70. The van der Waals surface area contributed by atoms with Gasteiger partial charge in [0.25, 0.3) is 0 Å². The Morgan fingerprint density at radius 1 is 1.00 bits per heavy atom. The van der Waals surface area contributed by atoms with E-state index in [-0.39, 0.29) is 24.0 Å². The van der Waals surface area contributed by atoms with E-state index in [9.17, 15) is 0 Å². The third-order valence-electron chi connectivity index (χ3n) is 4.20. The summed E-state index contributed by atoms with van der Waals surface area (Å²) in [7, 11) is 0. The zero-order valence-corrected chi connectivity index (χ0v) is 18.8. The van der Waals surface area contributed by atoms with Crippen molar-refractivity contribution in [3.63, 3.8) is 0 Å². The fraction of sp³-hybridized carbons (Fsp3) is 0.273. The topological polar surface area (TPSA) is 54.2 Å². The van der Waals surface area contributed by atoms with Crippen molar-refractivity contribution in [3.05, 3.63) is 89.2 Å². The van der Waals surface area contributed by atoms with E-state index in [1.165, 1.54) is 22.3 Å². The highest BCUT2D eigenvalue weighted by molar-refractivity contribution is 14.0. The molecule has 3 aromatic rings. The van der Waals surface area contributed by atoms with Crippen LogP contribution in [0.3, 0.4) is 0 Å². The number of hydrogen-bond acceptors (Lipinski definition) is 2.